The van der Waals surface area contributed by atoms with Gasteiger partial charge < -0.3 is 10.2 Å². The topological polar surface area (TPSA) is 91.0 Å². The maximum absolute atomic E-state index is 12.5. The lowest BCUT2D eigenvalue weighted by molar-refractivity contribution is -0.113. The summed E-state index contributed by atoms with van der Waals surface area (Å²) in [5.74, 6) is 0.178. The van der Waals surface area contributed by atoms with Crippen molar-refractivity contribution in [1.82, 2.24) is 20.1 Å². The molecule has 1 aromatic heterocycles. The van der Waals surface area contributed by atoms with Gasteiger partial charge in [-0.2, -0.15) is 5.10 Å². The Morgan fingerprint density at radius 2 is 1.84 bits per heavy atom. The third-order valence-corrected chi connectivity index (χ3v) is 4.92. The van der Waals surface area contributed by atoms with Crippen LogP contribution in [0.25, 0.3) is 0 Å². The SMILES string of the molecule is O=C(CSc1ncn[nH]1)Nc1ccc(C(=O)N2CCCCCC2)cc1. The monoisotopic (exact) mass is 359 g/mol. The number of carbonyl (C=O) groups excluding carboxylic acids is 2. The van der Waals surface area contributed by atoms with E-state index in [0.717, 1.165) is 25.9 Å². The molecule has 0 radical (unpaired) electrons. The van der Waals surface area contributed by atoms with Gasteiger partial charge in [0, 0.05) is 24.3 Å². The molecule has 0 saturated carbocycles. The number of nitrogens with one attached hydrogen (secondary N) is 2. The van der Waals surface area contributed by atoms with Crippen LogP contribution in [0.1, 0.15) is 36.0 Å². The summed E-state index contributed by atoms with van der Waals surface area (Å²) in [6.45, 7) is 1.66. The average molecular weight is 359 g/mol. The lowest BCUT2D eigenvalue weighted by Gasteiger charge is -2.20. The summed E-state index contributed by atoms with van der Waals surface area (Å²) in [7, 11) is 0. The number of H-pyrrole nitrogens is 1. The number of anilines is 1. The predicted molar refractivity (Wildman–Crippen MR) is 96.5 cm³/mol. The Morgan fingerprint density at radius 1 is 1.12 bits per heavy atom. The van der Waals surface area contributed by atoms with Crippen LogP contribution in [0.15, 0.2) is 35.7 Å². The van der Waals surface area contributed by atoms with E-state index in [1.807, 2.05) is 4.90 Å². The first-order valence-electron chi connectivity index (χ1n) is 8.40. The molecule has 2 aromatic rings. The van der Waals surface area contributed by atoms with Gasteiger partial charge in [0.1, 0.15) is 6.33 Å². The van der Waals surface area contributed by atoms with E-state index < -0.39 is 0 Å². The van der Waals surface area contributed by atoms with Gasteiger partial charge in [-0.1, -0.05) is 24.6 Å². The number of rotatable bonds is 5. The van der Waals surface area contributed by atoms with Crippen molar-refractivity contribution in [3.05, 3.63) is 36.2 Å². The van der Waals surface area contributed by atoms with Crippen molar-refractivity contribution in [3.63, 3.8) is 0 Å². The van der Waals surface area contributed by atoms with E-state index in [-0.39, 0.29) is 17.6 Å². The van der Waals surface area contributed by atoms with Crippen molar-refractivity contribution < 1.29 is 9.59 Å². The molecule has 0 bridgehead atoms. The Morgan fingerprint density at radius 3 is 2.48 bits per heavy atom. The summed E-state index contributed by atoms with van der Waals surface area (Å²) in [5, 5.41) is 9.84. The highest BCUT2D eigenvalue weighted by Crippen LogP contribution is 2.16. The van der Waals surface area contributed by atoms with Crippen molar-refractivity contribution in [3.8, 4) is 0 Å². The highest BCUT2D eigenvalue weighted by molar-refractivity contribution is 7.99. The number of likely N-dealkylation sites (tertiary alicyclic amines) is 1. The zero-order valence-electron chi connectivity index (χ0n) is 13.9. The molecule has 1 saturated heterocycles. The van der Waals surface area contributed by atoms with E-state index >= 15 is 0 Å². The van der Waals surface area contributed by atoms with Crippen LogP contribution in [0.4, 0.5) is 5.69 Å². The molecule has 1 aromatic carbocycles. The summed E-state index contributed by atoms with van der Waals surface area (Å²) >= 11 is 1.28. The van der Waals surface area contributed by atoms with E-state index in [4.69, 9.17) is 0 Å². The number of aromatic amines is 1. The Kier molecular flexibility index (Phi) is 6.05. The van der Waals surface area contributed by atoms with Crippen molar-refractivity contribution in [2.45, 2.75) is 30.8 Å². The number of nitrogens with zero attached hydrogens (tertiary/aromatic N) is 3. The molecule has 1 fully saturated rings. The van der Waals surface area contributed by atoms with Crippen molar-refractivity contribution in [2.24, 2.45) is 0 Å². The van der Waals surface area contributed by atoms with Gasteiger partial charge in [0.15, 0.2) is 5.16 Å². The van der Waals surface area contributed by atoms with Gasteiger partial charge in [-0.05, 0) is 37.1 Å². The number of amides is 2. The van der Waals surface area contributed by atoms with Gasteiger partial charge in [-0.25, -0.2) is 4.98 Å². The fourth-order valence-corrected chi connectivity index (χ4v) is 3.33. The molecule has 2 heterocycles. The van der Waals surface area contributed by atoms with E-state index in [0.29, 0.717) is 16.4 Å². The van der Waals surface area contributed by atoms with Crippen LogP contribution in [-0.4, -0.2) is 50.7 Å². The smallest absolute Gasteiger partial charge is 0.253 e. The minimum atomic E-state index is -0.131. The Labute approximate surface area is 150 Å². The standard InChI is InChI=1S/C17H21N5O2S/c23-15(11-25-17-18-12-19-21-17)20-14-7-5-13(6-8-14)16(24)22-9-3-1-2-4-10-22/h5-8,12H,1-4,9-11H2,(H,20,23)(H,18,19,21). The molecule has 8 heteroatoms. The van der Waals surface area contributed by atoms with E-state index in [1.54, 1.807) is 24.3 Å². The molecule has 2 N–H and O–H groups in total. The maximum Gasteiger partial charge on any atom is 0.253 e. The lowest BCUT2D eigenvalue weighted by atomic mass is 10.1. The third kappa shape index (κ3) is 5.06. The minimum absolute atomic E-state index is 0.0700. The zero-order valence-corrected chi connectivity index (χ0v) is 14.7. The Bertz CT molecular complexity index is 694. The van der Waals surface area contributed by atoms with Gasteiger partial charge >= 0.3 is 0 Å². The second kappa shape index (κ2) is 8.66. The van der Waals surface area contributed by atoms with Crippen LogP contribution in [0.2, 0.25) is 0 Å². The van der Waals surface area contributed by atoms with Crippen LogP contribution in [0.5, 0.6) is 0 Å². The molecule has 132 valence electrons. The van der Waals surface area contributed by atoms with E-state index in [2.05, 4.69) is 20.5 Å². The van der Waals surface area contributed by atoms with Crippen LogP contribution < -0.4 is 5.32 Å². The van der Waals surface area contributed by atoms with Gasteiger partial charge in [-0.15, -0.1) is 0 Å². The van der Waals surface area contributed by atoms with Gasteiger partial charge in [-0.3, -0.25) is 14.7 Å². The zero-order chi connectivity index (χ0) is 17.5. The summed E-state index contributed by atoms with van der Waals surface area (Å²) in [4.78, 5) is 30.4. The van der Waals surface area contributed by atoms with Crippen LogP contribution in [-0.2, 0) is 4.79 Å². The molecule has 1 aliphatic heterocycles. The van der Waals surface area contributed by atoms with E-state index in [1.165, 1.54) is 30.9 Å². The number of thioether (sulfide) groups is 1. The predicted octanol–water partition coefficient (Wildman–Crippen LogP) is 2.55. The van der Waals surface area contributed by atoms with Gasteiger partial charge in [0.05, 0.1) is 5.75 Å². The largest absolute Gasteiger partial charge is 0.339 e. The average Bonchev–Trinajstić information content (AvgIpc) is 3.00. The second-order valence-electron chi connectivity index (χ2n) is 5.91. The maximum atomic E-state index is 12.5. The van der Waals surface area contributed by atoms with Crippen molar-refractivity contribution in [1.29, 1.82) is 0 Å². The van der Waals surface area contributed by atoms with Gasteiger partial charge in [0.25, 0.3) is 5.91 Å². The van der Waals surface area contributed by atoms with Crippen LogP contribution in [0, 0.1) is 0 Å². The minimum Gasteiger partial charge on any atom is -0.339 e. The first kappa shape index (κ1) is 17.5. The summed E-state index contributed by atoms with van der Waals surface area (Å²) in [6, 6.07) is 7.07. The second-order valence-corrected chi connectivity index (χ2v) is 6.88. The van der Waals surface area contributed by atoms with E-state index in [9.17, 15) is 9.59 Å². The highest BCUT2D eigenvalue weighted by atomic mass is 32.2. The normalized spacial score (nSPS) is 14.8. The quantitative estimate of drug-likeness (QED) is 0.801. The summed E-state index contributed by atoms with van der Waals surface area (Å²) in [6.07, 6.45) is 5.94. The molecule has 0 unspecified atom stereocenters. The number of aromatic nitrogens is 3. The van der Waals surface area contributed by atoms with Crippen LogP contribution >= 0.6 is 11.8 Å². The van der Waals surface area contributed by atoms with Gasteiger partial charge in [0.2, 0.25) is 5.91 Å². The van der Waals surface area contributed by atoms with Crippen LogP contribution in [0.3, 0.4) is 0 Å². The third-order valence-electron chi connectivity index (χ3n) is 4.04. The summed E-state index contributed by atoms with van der Waals surface area (Å²) < 4.78 is 0. The van der Waals surface area contributed by atoms with Crippen molar-refractivity contribution in [2.75, 3.05) is 24.2 Å². The molecule has 2 amide bonds. The molecule has 0 spiro atoms. The molecular weight excluding hydrogens is 338 g/mol. The Balaban J connectivity index is 1.52. The highest BCUT2D eigenvalue weighted by Gasteiger charge is 2.17. The first-order chi connectivity index (χ1) is 12.2. The number of hydrogen-bond acceptors (Lipinski definition) is 5. The lowest BCUT2D eigenvalue weighted by Crippen LogP contribution is -2.31. The molecule has 25 heavy (non-hydrogen) atoms. The summed E-state index contributed by atoms with van der Waals surface area (Å²) in [5.41, 5.74) is 1.34. The number of carbonyl (C=O) groups is 2. The molecule has 0 aliphatic carbocycles. The molecule has 1 aliphatic rings. The molecule has 3 rings (SSSR count). The number of benzene rings is 1. The fourth-order valence-electron chi connectivity index (χ4n) is 2.75. The Hall–Kier alpha value is -2.35. The fraction of sp³-hybridized carbons (Fsp3) is 0.412. The molecule has 7 nitrogen and oxygen atoms in total. The molecule has 0 atom stereocenters. The molecular formula is C17H21N5O2S. The number of hydrogen-bond donors (Lipinski definition) is 2. The van der Waals surface area contributed by atoms with Crippen molar-refractivity contribution >= 4 is 29.3 Å². The first-order valence-corrected chi connectivity index (χ1v) is 9.38.